The van der Waals surface area contributed by atoms with Crippen LogP contribution in [0.1, 0.15) is 25.0 Å². The second-order valence-corrected chi connectivity index (χ2v) is 4.51. The molecule has 1 aromatic carbocycles. The second-order valence-electron chi connectivity index (χ2n) is 4.51. The number of carbonyl (C=O) groups is 1. The van der Waals surface area contributed by atoms with Gasteiger partial charge in [0.1, 0.15) is 5.82 Å². The van der Waals surface area contributed by atoms with Crippen molar-refractivity contribution >= 4 is 12.6 Å². The van der Waals surface area contributed by atoms with Gasteiger partial charge in [0, 0.05) is 6.04 Å². The molecule has 0 aliphatic rings. The average molecular weight is 267 g/mol. The van der Waals surface area contributed by atoms with Crippen molar-refractivity contribution in [3.05, 3.63) is 35.1 Å². The van der Waals surface area contributed by atoms with Gasteiger partial charge in [-0.2, -0.15) is 9.59 Å². The lowest BCUT2D eigenvalue weighted by Crippen LogP contribution is -2.34. The number of benzene rings is 1. The molecule has 1 aromatic rings. The highest BCUT2D eigenvalue weighted by Gasteiger charge is 2.13. The summed E-state index contributed by atoms with van der Waals surface area (Å²) in [5.41, 5.74) is 1.56. The second kappa shape index (κ2) is 9.00. The maximum absolute atomic E-state index is 13.3. The summed E-state index contributed by atoms with van der Waals surface area (Å²) in [5, 5.41) is 2.76. The molecule has 1 N–H and O–H groups in total. The number of aryl methyl sites for hydroxylation is 1. The van der Waals surface area contributed by atoms with Gasteiger partial charge >= 0.3 is 6.15 Å². The highest BCUT2D eigenvalue weighted by Crippen LogP contribution is 2.13. The molecule has 0 aliphatic heterocycles. The topological polar surface area (TPSA) is 63.2 Å². The molecule has 0 heterocycles. The number of carbonyl (C=O) groups excluding carboxylic acids is 3. The molecule has 0 aliphatic carbocycles. The van der Waals surface area contributed by atoms with Gasteiger partial charge in [-0.3, -0.25) is 4.79 Å². The average Bonchev–Trinajstić information content (AvgIpc) is 2.34. The number of halogens is 1. The summed E-state index contributed by atoms with van der Waals surface area (Å²) in [6, 6.07) is 5.26. The summed E-state index contributed by atoms with van der Waals surface area (Å²) >= 11 is 0. The first-order valence-corrected chi connectivity index (χ1v) is 5.90. The van der Waals surface area contributed by atoms with Crippen molar-refractivity contribution in [1.82, 2.24) is 5.32 Å². The molecule has 1 unspecified atom stereocenters. The first kappa shape index (κ1) is 17.0. The first-order valence-electron chi connectivity index (χ1n) is 5.90. The zero-order valence-electron chi connectivity index (χ0n) is 11.3. The van der Waals surface area contributed by atoms with E-state index in [0.29, 0.717) is 24.3 Å². The first-order chi connectivity index (χ1) is 8.96. The van der Waals surface area contributed by atoms with Gasteiger partial charge in [-0.15, -0.1) is 0 Å². The van der Waals surface area contributed by atoms with Crippen LogP contribution in [0.3, 0.4) is 0 Å². The zero-order valence-corrected chi connectivity index (χ0v) is 11.3. The highest BCUT2D eigenvalue weighted by atomic mass is 19.1. The number of amides is 1. The van der Waals surface area contributed by atoms with Gasteiger partial charge in [-0.1, -0.05) is 26.0 Å². The third-order valence-corrected chi connectivity index (χ3v) is 2.78. The molecule has 1 atom stereocenters. The molecule has 5 heteroatoms. The van der Waals surface area contributed by atoms with E-state index < -0.39 is 0 Å². The summed E-state index contributed by atoms with van der Waals surface area (Å²) in [7, 11) is 0. The number of hydrogen-bond donors (Lipinski definition) is 1. The maximum Gasteiger partial charge on any atom is 0.373 e. The molecular formula is C14H18FNO3. The molecule has 0 bridgehead atoms. The van der Waals surface area contributed by atoms with Crippen LogP contribution in [0.2, 0.25) is 0 Å². The minimum Gasteiger partial charge on any atom is -0.355 e. The van der Waals surface area contributed by atoms with Crippen molar-refractivity contribution in [2.75, 3.05) is 0 Å². The molecule has 104 valence electrons. The summed E-state index contributed by atoms with van der Waals surface area (Å²) < 4.78 is 13.3. The van der Waals surface area contributed by atoms with Crippen molar-refractivity contribution in [3.63, 3.8) is 0 Å². The minimum absolute atomic E-state index is 0.0552. The van der Waals surface area contributed by atoms with Gasteiger partial charge in [-0.05, 0) is 36.5 Å². The molecule has 0 fully saturated rings. The minimum atomic E-state index is -0.189. The number of hydrogen-bond acceptors (Lipinski definition) is 3. The Morgan fingerprint density at radius 3 is 2.37 bits per heavy atom. The fourth-order valence-corrected chi connectivity index (χ4v) is 1.59. The molecule has 1 rings (SSSR count). The molecule has 0 saturated heterocycles. The van der Waals surface area contributed by atoms with E-state index in [2.05, 4.69) is 5.32 Å². The monoisotopic (exact) mass is 267 g/mol. The Kier molecular flexibility index (Phi) is 8.05. The lowest BCUT2D eigenvalue weighted by Gasteiger charge is -2.20. The fourth-order valence-electron chi connectivity index (χ4n) is 1.59. The Bertz CT molecular complexity index is 440. The van der Waals surface area contributed by atoms with Gasteiger partial charge in [0.25, 0.3) is 0 Å². The zero-order chi connectivity index (χ0) is 14.8. The van der Waals surface area contributed by atoms with Gasteiger partial charge in [0.15, 0.2) is 0 Å². The van der Waals surface area contributed by atoms with Crippen LogP contribution in [0.15, 0.2) is 18.2 Å². The van der Waals surface area contributed by atoms with Crippen LogP contribution in [0.25, 0.3) is 0 Å². The lowest BCUT2D eigenvalue weighted by atomic mass is 9.96. The van der Waals surface area contributed by atoms with E-state index in [0.717, 1.165) is 5.56 Å². The van der Waals surface area contributed by atoms with Crippen LogP contribution in [0, 0.1) is 18.7 Å². The van der Waals surface area contributed by atoms with Gasteiger partial charge in [0.05, 0.1) is 0 Å². The van der Waals surface area contributed by atoms with Crippen molar-refractivity contribution in [2.45, 2.75) is 33.2 Å². The summed E-state index contributed by atoms with van der Waals surface area (Å²) in [6.45, 7) is 5.81. The van der Waals surface area contributed by atoms with Crippen molar-refractivity contribution < 1.29 is 18.8 Å². The van der Waals surface area contributed by atoms with Crippen molar-refractivity contribution in [1.29, 1.82) is 0 Å². The van der Waals surface area contributed by atoms with E-state index in [9.17, 15) is 9.18 Å². The van der Waals surface area contributed by atoms with Gasteiger partial charge in [-0.25, -0.2) is 4.39 Å². The third-order valence-electron chi connectivity index (χ3n) is 2.78. The largest absolute Gasteiger partial charge is 0.373 e. The van der Waals surface area contributed by atoms with E-state index in [4.69, 9.17) is 9.59 Å². The molecular weight excluding hydrogens is 249 g/mol. The molecule has 1 amide bonds. The van der Waals surface area contributed by atoms with Crippen LogP contribution in [-0.4, -0.2) is 18.6 Å². The van der Waals surface area contributed by atoms with E-state index >= 15 is 0 Å². The molecule has 19 heavy (non-hydrogen) atoms. The third kappa shape index (κ3) is 6.48. The Labute approximate surface area is 112 Å². The Hall–Kier alpha value is -2.00. The van der Waals surface area contributed by atoms with Crippen LogP contribution in [0.4, 0.5) is 4.39 Å². The lowest BCUT2D eigenvalue weighted by molar-refractivity contribution is -0.191. The normalized spacial score (nSPS) is 11.0. The van der Waals surface area contributed by atoms with Crippen LogP contribution >= 0.6 is 0 Å². The number of rotatable bonds is 5. The van der Waals surface area contributed by atoms with E-state index in [1.807, 2.05) is 19.9 Å². The van der Waals surface area contributed by atoms with Crippen molar-refractivity contribution in [2.24, 2.45) is 5.92 Å². The Morgan fingerprint density at radius 2 is 1.95 bits per heavy atom. The molecule has 0 spiro atoms. The van der Waals surface area contributed by atoms with E-state index in [-0.39, 0.29) is 18.0 Å². The van der Waals surface area contributed by atoms with E-state index in [1.165, 1.54) is 6.07 Å². The van der Waals surface area contributed by atoms with Crippen LogP contribution < -0.4 is 5.32 Å². The Balaban J connectivity index is 0.000000982. The maximum atomic E-state index is 13.3. The van der Waals surface area contributed by atoms with Crippen LogP contribution in [0.5, 0.6) is 0 Å². The predicted octanol–water partition coefficient (Wildman–Crippen LogP) is 1.86. The SMILES string of the molecule is Cc1ccc(CC(NC=O)C(C)C)cc1F.O=C=O. The predicted molar refractivity (Wildman–Crippen MR) is 67.7 cm³/mol. The quantitative estimate of drug-likeness (QED) is 0.828. The molecule has 4 nitrogen and oxygen atoms in total. The fraction of sp³-hybridized carbons (Fsp3) is 0.429. The smallest absolute Gasteiger partial charge is 0.355 e. The number of nitrogens with one attached hydrogen (secondary N) is 1. The summed E-state index contributed by atoms with van der Waals surface area (Å²) in [6.07, 6.45) is 1.61. The molecule has 0 saturated carbocycles. The van der Waals surface area contributed by atoms with Crippen molar-refractivity contribution in [3.8, 4) is 0 Å². The molecule has 0 aromatic heterocycles. The highest BCUT2D eigenvalue weighted by molar-refractivity contribution is 5.47. The Morgan fingerprint density at radius 1 is 1.37 bits per heavy atom. The van der Waals surface area contributed by atoms with E-state index in [1.54, 1.807) is 13.0 Å². The summed E-state index contributed by atoms with van der Waals surface area (Å²) in [5.74, 6) is 0.140. The van der Waals surface area contributed by atoms with Gasteiger partial charge < -0.3 is 5.32 Å². The summed E-state index contributed by atoms with van der Waals surface area (Å²) in [4.78, 5) is 26.7. The standard InChI is InChI=1S/C13H18FNO.CO2/c1-9(2)13(15-8-16)7-11-5-4-10(3)12(14)6-11;2-1-3/h4-6,8-9,13H,7H2,1-3H3,(H,15,16);. The van der Waals surface area contributed by atoms with Crippen LogP contribution in [-0.2, 0) is 20.8 Å². The molecule has 0 radical (unpaired) electrons. The van der Waals surface area contributed by atoms with Gasteiger partial charge in [0.2, 0.25) is 6.41 Å².